The van der Waals surface area contributed by atoms with Gasteiger partial charge in [0, 0.05) is 12.1 Å². The van der Waals surface area contributed by atoms with Gasteiger partial charge in [-0.3, -0.25) is 10.1 Å². The topological polar surface area (TPSA) is 115 Å². The predicted molar refractivity (Wildman–Crippen MR) is 77.1 cm³/mol. The van der Waals surface area contributed by atoms with Crippen molar-refractivity contribution in [2.75, 3.05) is 5.73 Å². The first-order chi connectivity index (χ1) is 8.91. The van der Waals surface area contributed by atoms with Crippen molar-refractivity contribution in [3.05, 3.63) is 16.2 Å². The molecule has 0 aromatic carbocycles. The van der Waals surface area contributed by atoms with Crippen LogP contribution < -0.4 is 10.5 Å². The van der Waals surface area contributed by atoms with Crippen LogP contribution in [0.2, 0.25) is 0 Å². The van der Waals surface area contributed by atoms with E-state index >= 15 is 0 Å². The van der Waals surface area contributed by atoms with E-state index in [0.29, 0.717) is 11.3 Å². The third-order valence-corrected chi connectivity index (χ3v) is 7.32. The molecule has 0 spiro atoms. The van der Waals surface area contributed by atoms with Crippen molar-refractivity contribution in [2.45, 2.75) is 37.9 Å². The van der Waals surface area contributed by atoms with Gasteiger partial charge >= 0.3 is 5.69 Å². The van der Waals surface area contributed by atoms with E-state index in [1.54, 1.807) is 0 Å². The zero-order valence-corrected chi connectivity index (χ0v) is 13.3. The largest absolute Gasteiger partial charge is 0.385 e. The molecule has 7 nitrogen and oxygen atoms in total. The fraction of sp³-hybridized carbons (Fsp3) is 0.636. The van der Waals surface area contributed by atoms with Gasteiger partial charge in [0.15, 0.2) is 5.00 Å². The molecule has 1 aromatic rings. The van der Waals surface area contributed by atoms with E-state index in [1.807, 2.05) is 27.7 Å². The molecule has 0 saturated heterocycles. The van der Waals surface area contributed by atoms with Gasteiger partial charge in [-0.1, -0.05) is 39.0 Å². The fourth-order valence-corrected chi connectivity index (χ4v) is 5.11. The highest BCUT2D eigenvalue weighted by Gasteiger charge is 2.66. The summed E-state index contributed by atoms with van der Waals surface area (Å²) in [6.07, 6.45) is 0. The minimum absolute atomic E-state index is 0.107. The summed E-state index contributed by atoms with van der Waals surface area (Å²) in [5.41, 5.74) is 4.79. The lowest BCUT2D eigenvalue weighted by atomic mass is 10.0. The van der Waals surface area contributed by atoms with Crippen LogP contribution in [0.25, 0.3) is 0 Å². The average Bonchev–Trinajstić information content (AvgIpc) is 2.66. The smallest absolute Gasteiger partial charge is 0.304 e. The van der Waals surface area contributed by atoms with Crippen molar-refractivity contribution < 1.29 is 13.3 Å². The summed E-state index contributed by atoms with van der Waals surface area (Å²) in [5.74, 6) is 0. The molecule has 1 aromatic heterocycles. The Bertz CT molecular complexity index is 662. The van der Waals surface area contributed by atoms with Crippen LogP contribution in [0.15, 0.2) is 10.3 Å². The number of sulfonamides is 1. The first-order valence-corrected chi connectivity index (χ1v) is 8.27. The molecule has 0 unspecified atom stereocenters. The van der Waals surface area contributed by atoms with Crippen LogP contribution in [0.4, 0.5) is 10.7 Å². The maximum atomic E-state index is 12.3. The molecule has 1 aliphatic carbocycles. The SMILES string of the molecule is CC1(C)C(NS(=O)(=O)c2cc([N+](=O)[O-])c(N)s2)C1(C)C. The summed E-state index contributed by atoms with van der Waals surface area (Å²) < 4.78 is 27.0. The molecule has 0 amide bonds. The molecule has 1 heterocycles. The van der Waals surface area contributed by atoms with E-state index in [9.17, 15) is 18.5 Å². The quantitative estimate of drug-likeness (QED) is 0.650. The summed E-state index contributed by atoms with van der Waals surface area (Å²) in [4.78, 5) is 10.0. The van der Waals surface area contributed by atoms with Crippen LogP contribution in [0.1, 0.15) is 27.7 Å². The number of nitro groups is 1. The summed E-state index contributed by atoms with van der Waals surface area (Å²) in [6, 6.07) is 0.799. The van der Waals surface area contributed by atoms with Gasteiger partial charge in [-0.25, -0.2) is 13.1 Å². The van der Waals surface area contributed by atoms with Crippen LogP contribution in [-0.2, 0) is 10.0 Å². The number of anilines is 1. The summed E-state index contributed by atoms with van der Waals surface area (Å²) in [5, 5.41) is 10.6. The van der Waals surface area contributed by atoms with Crippen LogP contribution in [0.3, 0.4) is 0 Å². The molecule has 2 rings (SSSR count). The van der Waals surface area contributed by atoms with Crippen molar-refractivity contribution in [3.8, 4) is 0 Å². The Hall–Kier alpha value is -1.19. The molecule has 1 fully saturated rings. The van der Waals surface area contributed by atoms with Crippen molar-refractivity contribution in [3.63, 3.8) is 0 Å². The van der Waals surface area contributed by atoms with Gasteiger partial charge in [-0.2, -0.15) is 0 Å². The highest BCUT2D eigenvalue weighted by molar-refractivity contribution is 7.91. The van der Waals surface area contributed by atoms with Gasteiger partial charge < -0.3 is 5.73 Å². The zero-order chi connectivity index (χ0) is 15.5. The second-order valence-electron chi connectivity index (χ2n) is 6.07. The molecule has 20 heavy (non-hydrogen) atoms. The highest BCUT2D eigenvalue weighted by atomic mass is 32.2. The van der Waals surface area contributed by atoms with Gasteiger partial charge in [0.25, 0.3) is 10.0 Å². The van der Waals surface area contributed by atoms with E-state index in [2.05, 4.69) is 4.72 Å². The molecule has 9 heteroatoms. The summed E-state index contributed by atoms with van der Waals surface area (Å²) in [7, 11) is -3.79. The number of hydrogen-bond acceptors (Lipinski definition) is 6. The highest BCUT2D eigenvalue weighted by Crippen LogP contribution is 2.63. The number of nitrogens with zero attached hydrogens (tertiary/aromatic N) is 1. The van der Waals surface area contributed by atoms with Gasteiger partial charge in [0.1, 0.15) is 4.21 Å². The molecular weight excluding hydrogens is 302 g/mol. The molecule has 1 saturated carbocycles. The molecule has 0 aliphatic heterocycles. The molecular formula is C11H17N3O4S2. The molecule has 0 atom stereocenters. The Labute approximate surface area is 121 Å². The molecule has 1 aliphatic rings. The van der Waals surface area contributed by atoms with Crippen molar-refractivity contribution in [1.29, 1.82) is 0 Å². The van der Waals surface area contributed by atoms with Gasteiger partial charge in [0.2, 0.25) is 0 Å². The molecule has 112 valence electrons. The Morgan fingerprint density at radius 2 is 1.85 bits per heavy atom. The molecule has 0 bridgehead atoms. The number of nitrogens with one attached hydrogen (secondary N) is 1. The maximum Gasteiger partial charge on any atom is 0.304 e. The predicted octanol–water partition coefficient (Wildman–Crippen LogP) is 1.95. The van der Waals surface area contributed by atoms with Gasteiger partial charge in [0.05, 0.1) is 4.92 Å². The van der Waals surface area contributed by atoms with Crippen molar-refractivity contribution in [2.24, 2.45) is 10.8 Å². The van der Waals surface area contributed by atoms with Crippen LogP contribution in [0.5, 0.6) is 0 Å². The molecule has 3 N–H and O–H groups in total. The lowest BCUT2D eigenvalue weighted by Crippen LogP contribution is -2.29. The van der Waals surface area contributed by atoms with E-state index in [4.69, 9.17) is 5.73 Å². The zero-order valence-electron chi connectivity index (χ0n) is 11.6. The minimum atomic E-state index is -3.79. The summed E-state index contributed by atoms with van der Waals surface area (Å²) >= 11 is 0.705. The van der Waals surface area contributed by atoms with Crippen LogP contribution in [-0.4, -0.2) is 19.4 Å². The lowest BCUT2D eigenvalue weighted by molar-refractivity contribution is -0.383. The minimum Gasteiger partial charge on any atom is -0.385 e. The number of rotatable bonds is 4. The van der Waals surface area contributed by atoms with E-state index in [0.717, 1.165) is 6.07 Å². The first-order valence-electron chi connectivity index (χ1n) is 5.97. The third-order valence-electron chi connectivity index (χ3n) is 4.47. The lowest BCUT2D eigenvalue weighted by Gasteiger charge is -2.05. The summed E-state index contributed by atoms with van der Waals surface area (Å²) in [6.45, 7) is 7.91. The molecule has 0 radical (unpaired) electrons. The van der Waals surface area contributed by atoms with Crippen LogP contribution in [0, 0.1) is 20.9 Å². The fourth-order valence-electron chi connectivity index (χ4n) is 2.35. The Morgan fingerprint density at radius 3 is 2.20 bits per heavy atom. The van der Waals surface area contributed by atoms with E-state index < -0.39 is 14.9 Å². The van der Waals surface area contributed by atoms with Gasteiger partial charge in [-0.15, -0.1) is 0 Å². The Kier molecular flexibility index (Phi) is 3.16. The third kappa shape index (κ3) is 2.09. The number of nitrogens with two attached hydrogens (primary N) is 1. The number of nitrogen functional groups attached to an aromatic ring is 1. The average molecular weight is 319 g/mol. The Balaban J connectivity index is 2.29. The normalized spacial score (nSPS) is 20.8. The monoisotopic (exact) mass is 319 g/mol. The maximum absolute atomic E-state index is 12.3. The number of hydrogen-bond donors (Lipinski definition) is 2. The second-order valence-corrected chi connectivity index (χ2v) is 9.09. The first kappa shape index (κ1) is 15.2. The van der Waals surface area contributed by atoms with Crippen molar-refractivity contribution >= 4 is 32.0 Å². The number of thiophene rings is 1. The van der Waals surface area contributed by atoms with Crippen LogP contribution >= 0.6 is 11.3 Å². The van der Waals surface area contributed by atoms with E-state index in [1.165, 1.54) is 0 Å². The van der Waals surface area contributed by atoms with E-state index in [-0.39, 0.29) is 31.8 Å². The second kappa shape index (κ2) is 4.15. The Morgan fingerprint density at radius 1 is 1.35 bits per heavy atom. The standard InChI is InChI=1S/C11H17N3O4S2/c1-10(2)9(11(10,3)4)13-20(17,18)7-5-6(14(15)16)8(12)19-7/h5,9,13H,12H2,1-4H3. The van der Waals surface area contributed by atoms with Crippen molar-refractivity contribution in [1.82, 2.24) is 4.72 Å². The van der Waals surface area contributed by atoms with Gasteiger partial charge in [-0.05, 0) is 10.8 Å².